The molecule has 0 aliphatic heterocycles. The standard InChI is InChI=1S/C18H20OSSe/c19-14-8-7-11-17(20-16-9-3-1-4-10-16)15-21-18-12-5-2-6-13-18/h1-6,9-10,12-13,15,19H,7-8,11,14H2/b17-15-. The molecule has 0 radical (unpaired) electrons. The molecule has 0 unspecified atom stereocenters. The van der Waals surface area contributed by atoms with Crippen LogP contribution in [0.5, 0.6) is 0 Å². The number of benzene rings is 2. The maximum atomic E-state index is 8.95. The molecule has 0 aliphatic carbocycles. The summed E-state index contributed by atoms with van der Waals surface area (Å²) in [6.07, 6.45) is 2.98. The van der Waals surface area contributed by atoms with Gasteiger partial charge in [-0.15, -0.1) is 0 Å². The molecule has 1 N–H and O–H groups in total. The first-order valence-corrected chi connectivity index (χ1v) is 9.79. The van der Waals surface area contributed by atoms with E-state index in [1.165, 1.54) is 14.3 Å². The predicted molar refractivity (Wildman–Crippen MR) is 93.1 cm³/mol. The van der Waals surface area contributed by atoms with Crippen molar-refractivity contribution in [2.24, 2.45) is 0 Å². The van der Waals surface area contributed by atoms with Gasteiger partial charge in [0.2, 0.25) is 0 Å². The van der Waals surface area contributed by atoms with Gasteiger partial charge in [0.1, 0.15) is 0 Å². The summed E-state index contributed by atoms with van der Waals surface area (Å²) in [6, 6.07) is 21.1. The Balaban J connectivity index is 2.00. The van der Waals surface area contributed by atoms with E-state index in [4.69, 9.17) is 5.11 Å². The molecule has 2 aromatic rings. The minimum absolute atomic E-state index is 0.285. The van der Waals surface area contributed by atoms with Gasteiger partial charge in [-0.1, -0.05) is 0 Å². The third kappa shape index (κ3) is 6.54. The van der Waals surface area contributed by atoms with Gasteiger partial charge >= 0.3 is 138 Å². The Labute approximate surface area is 137 Å². The zero-order chi connectivity index (χ0) is 14.8. The molecule has 0 saturated carbocycles. The first-order chi connectivity index (χ1) is 10.4. The molecule has 0 fully saturated rings. The third-order valence-electron chi connectivity index (χ3n) is 2.89. The Kier molecular flexibility index (Phi) is 7.69. The predicted octanol–water partition coefficient (Wildman–Crippen LogP) is 3.81. The van der Waals surface area contributed by atoms with Crippen molar-refractivity contribution < 1.29 is 5.11 Å². The van der Waals surface area contributed by atoms with Crippen LogP contribution in [-0.2, 0) is 0 Å². The SMILES string of the molecule is OCCCC/C(=C/[Se]c1ccccc1)Sc1ccccc1. The van der Waals surface area contributed by atoms with E-state index in [9.17, 15) is 0 Å². The average Bonchev–Trinajstić information content (AvgIpc) is 2.54. The fourth-order valence-electron chi connectivity index (χ4n) is 1.82. The first-order valence-electron chi connectivity index (χ1n) is 7.13. The zero-order valence-electron chi connectivity index (χ0n) is 11.9. The molecule has 3 heteroatoms. The molecule has 110 valence electrons. The number of aliphatic hydroxyl groups is 1. The Morgan fingerprint density at radius 1 is 0.952 bits per heavy atom. The number of hydrogen-bond donors (Lipinski definition) is 1. The Morgan fingerprint density at radius 3 is 2.29 bits per heavy atom. The summed E-state index contributed by atoms with van der Waals surface area (Å²) in [5, 5.41) is 8.95. The summed E-state index contributed by atoms with van der Waals surface area (Å²) in [7, 11) is 0. The van der Waals surface area contributed by atoms with Gasteiger partial charge in [0.15, 0.2) is 0 Å². The van der Waals surface area contributed by atoms with Gasteiger partial charge in [0.25, 0.3) is 0 Å². The van der Waals surface area contributed by atoms with Crippen LogP contribution in [-0.4, -0.2) is 26.7 Å². The molecular weight excluding hydrogens is 343 g/mol. The minimum atomic E-state index is 0.285. The van der Waals surface area contributed by atoms with Crippen molar-refractivity contribution in [2.75, 3.05) is 6.61 Å². The van der Waals surface area contributed by atoms with Crippen molar-refractivity contribution in [2.45, 2.75) is 24.2 Å². The third-order valence-corrected chi connectivity index (χ3v) is 6.31. The maximum absolute atomic E-state index is 8.95. The van der Waals surface area contributed by atoms with Crippen molar-refractivity contribution in [3.8, 4) is 0 Å². The second-order valence-corrected chi connectivity index (χ2v) is 7.79. The van der Waals surface area contributed by atoms with Gasteiger partial charge in [-0.05, 0) is 0 Å². The molecule has 1 nitrogen and oxygen atoms in total. The molecule has 0 amide bonds. The summed E-state index contributed by atoms with van der Waals surface area (Å²) >= 11 is 2.23. The number of aliphatic hydroxyl groups excluding tert-OH is 1. The van der Waals surface area contributed by atoms with Crippen LogP contribution in [0.3, 0.4) is 0 Å². The van der Waals surface area contributed by atoms with E-state index in [1.807, 2.05) is 17.8 Å². The normalized spacial score (nSPS) is 11.6. The molecule has 0 saturated heterocycles. The van der Waals surface area contributed by atoms with Crippen LogP contribution in [0.25, 0.3) is 0 Å². The van der Waals surface area contributed by atoms with Crippen LogP contribution in [0, 0.1) is 0 Å². The van der Waals surface area contributed by atoms with Crippen LogP contribution in [0.2, 0.25) is 0 Å². The van der Waals surface area contributed by atoms with Crippen molar-refractivity contribution >= 4 is 31.2 Å². The first kappa shape index (κ1) is 16.4. The van der Waals surface area contributed by atoms with E-state index in [0.717, 1.165) is 19.3 Å². The number of thioether (sulfide) groups is 1. The van der Waals surface area contributed by atoms with E-state index in [-0.39, 0.29) is 6.61 Å². The van der Waals surface area contributed by atoms with E-state index < -0.39 is 0 Å². The monoisotopic (exact) mass is 364 g/mol. The topological polar surface area (TPSA) is 20.2 Å². The number of hydrogen-bond acceptors (Lipinski definition) is 2. The molecular formula is C18H20OSSe. The summed E-state index contributed by atoms with van der Waals surface area (Å²) < 4.78 is 1.40. The summed E-state index contributed by atoms with van der Waals surface area (Å²) in [4.78, 5) is 5.09. The van der Waals surface area contributed by atoms with E-state index in [0.29, 0.717) is 15.0 Å². The van der Waals surface area contributed by atoms with Gasteiger partial charge in [-0.25, -0.2) is 0 Å². The van der Waals surface area contributed by atoms with Crippen molar-refractivity contribution in [3.05, 3.63) is 70.5 Å². The van der Waals surface area contributed by atoms with E-state index >= 15 is 0 Å². The zero-order valence-corrected chi connectivity index (χ0v) is 14.5. The van der Waals surface area contributed by atoms with Crippen LogP contribution in [0.15, 0.2) is 75.4 Å². The molecule has 2 aromatic carbocycles. The molecule has 0 bridgehead atoms. The molecule has 0 spiro atoms. The van der Waals surface area contributed by atoms with Crippen molar-refractivity contribution in [1.82, 2.24) is 0 Å². The van der Waals surface area contributed by atoms with Gasteiger partial charge < -0.3 is 0 Å². The van der Waals surface area contributed by atoms with E-state index in [2.05, 4.69) is 59.6 Å². The summed E-state index contributed by atoms with van der Waals surface area (Å²) in [5.74, 6) is 0. The quantitative estimate of drug-likeness (QED) is 0.437. The molecule has 0 aromatic heterocycles. The fourth-order valence-corrected chi connectivity index (χ4v) is 4.73. The molecule has 21 heavy (non-hydrogen) atoms. The molecule has 0 heterocycles. The average molecular weight is 363 g/mol. The number of allylic oxidation sites excluding steroid dienone is 1. The van der Waals surface area contributed by atoms with Gasteiger partial charge in [0.05, 0.1) is 0 Å². The second-order valence-electron chi connectivity index (χ2n) is 4.61. The van der Waals surface area contributed by atoms with Crippen LogP contribution >= 0.6 is 11.8 Å². The molecule has 0 atom stereocenters. The van der Waals surface area contributed by atoms with Crippen LogP contribution in [0.1, 0.15) is 19.3 Å². The van der Waals surface area contributed by atoms with Crippen LogP contribution < -0.4 is 4.46 Å². The fraction of sp³-hybridized carbons (Fsp3) is 0.222. The van der Waals surface area contributed by atoms with Gasteiger partial charge in [-0.3, -0.25) is 0 Å². The Morgan fingerprint density at radius 2 is 1.62 bits per heavy atom. The molecule has 0 aliphatic rings. The van der Waals surface area contributed by atoms with Crippen molar-refractivity contribution in [3.63, 3.8) is 0 Å². The number of unbranched alkanes of at least 4 members (excludes halogenated alkanes) is 1. The second kappa shape index (κ2) is 9.86. The summed E-state index contributed by atoms with van der Waals surface area (Å²) in [6.45, 7) is 0.285. The Bertz CT molecular complexity index is 540. The van der Waals surface area contributed by atoms with Gasteiger partial charge in [-0.2, -0.15) is 0 Å². The van der Waals surface area contributed by atoms with Crippen LogP contribution in [0.4, 0.5) is 0 Å². The van der Waals surface area contributed by atoms with Gasteiger partial charge in [0, 0.05) is 0 Å². The van der Waals surface area contributed by atoms with E-state index in [1.54, 1.807) is 0 Å². The molecule has 2 rings (SSSR count). The Hall–Kier alpha value is -0.991. The number of rotatable bonds is 8. The summed E-state index contributed by atoms with van der Waals surface area (Å²) in [5.41, 5.74) is 0. The van der Waals surface area contributed by atoms with Crippen molar-refractivity contribution in [1.29, 1.82) is 0 Å².